The second-order valence-corrected chi connectivity index (χ2v) is 11.6. The number of nitrogens with zero attached hydrogens (tertiary/aromatic N) is 3. The zero-order chi connectivity index (χ0) is 28.6. The lowest BCUT2D eigenvalue weighted by molar-refractivity contribution is 0.0919. The first kappa shape index (κ1) is 27.2. The molecule has 1 aliphatic rings. The van der Waals surface area contributed by atoms with E-state index in [2.05, 4.69) is 37.4 Å². The fourth-order valence-corrected chi connectivity index (χ4v) is 4.71. The Labute approximate surface area is 234 Å². The molecule has 9 nitrogen and oxygen atoms in total. The molecule has 4 aromatic rings. The first-order valence-electron chi connectivity index (χ1n) is 13.6. The third kappa shape index (κ3) is 6.09. The number of primary amides is 1. The van der Waals surface area contributed by atoms with E-state index in [0.29, 0.717) is 29.5 Å². The molecule has 4 N–H and O–H groups in total. The molecule has 2 amide bonds. The standard InChI is InChI=1S/C31H36N6O3/c1-18(2)40-23-12-19(15-34-28-24(7-6-10-33-28)30(39)36-31(3,4)5)11-20(13-23)26-17-37(22-8-9-22)29-25(26)14-21(16-35-29)27(32)38/h6-7,10-14,16-18,22H,8-9,15H2,1-5H3,(H2,32,38)(H,33,34)(H,36,39). The van der Waals surface area contributed by atoms with Crippen molar-refractivity contribution in [3.05, 3.63) is 71.7 Å². The number of carbonyl (C=O) groups is 2. The first-order chi connectivity index (χ1) is 19.0. The molecule has 1 aliphatic carbocycles. The molecule has 208 valence electrons. The highest BCUT2D eigenvalue weighted by Crippen LogP contribution is 2.41. The molecule has 9 heteroatoms. The number of ether oxygens (including phenoxy) is 1. The molecule has 0 aliphatic heterocycles. The number of amides is 2. The molecular weight excluding hydrogens is 504 g/mol. The van der Waals surface area contributed by atoms with Crippen LogP contribution in [0.25, 0.3) is 22.2 Å². The third-order valence-corrected chi connectivity index (χ3v) is 6.54. The van der Waals surface area contributed by atoms with Gasteiger partial charge in [-0.2, -0.15) is 0 Å². The molecule has 5 rings (SSSR count). The van der Waals surface area contributed by atoms with Gasteiger partial charge < -0.3 is 25.7 Å². The molecule has 0 radical (unpaired) electrons. The Morgan fingerprint density at radius 3 is 2.60 bits per heavy atom. The number of fused-ring (bicyclic) bond motifs is 1. The van der Waals surface area contributed by atoms with E-state index in [0.717, 1.165) is 46.3 Å². The van der Waals surface area contributed by atoms with Crippen molar-refractivity contribution in [2.75, 3.05) is 5.32 Å². The van der Waals surface area contributed by atoms with Crippen molar-refractivity contribution in [3.63, 3.8) is 0 Å². The molecule has 0 spiro atoms. The number of benzene rings is 1. The minimum absolute atomic E-state index is 0.0181. The van der Waals surface area contributed by atoms with Crippen molar-refractivity contribution in [1.29, 1.82) is 0 Å². The molecule has 3 heterocycles. The molecule has 0 saturated heterocycles. The Morgan fingerprint density at radius 1 is 1.15 bits per heavy atom. The maximum absolute atomic E-state index is 12.9. The summed E-state index contributed by atoms with van der Waals surface area (Å²) in [7, 11) is 0. The van der Waals surface area contributed by atoms with Crippen LogP contribution in [0.1, 0.15) is 79.8 Å². The number of aromatic nitrogens is 3. The average Bonchev–Trinajstić information content (AvgIpc) is 3.65. The number of hydrogen-bond acceptors (Lipinski definition) is 6. The van der Waals surface area contributed by atoms with Gasteiger partial charge in [0.15, 0.2) is 0 Å². The van der Waals surface area contributed by atoms with Crippen LogP contribution < -0.4 is 21.1 Å². The van der Waals surface area contributed by atoms with Crippen LogP contribution in [-0.2, 0) is 6.54 Å². The average molecular weight is 541 g/mol. The van der Waals surface area contributed by atoms with E-state index >= 15 is 0 Å². The molecule has 40 heavy (non-hydrogen) atoms. The summed E-state index contributed by atoms with van der Waals surface area (Å²) < 4.78 is 8.31. The summed E-state index contributed by atoms with van der Waals surface area (Å²) in [6, 6.07) is 11.8. The Kier molecular flexibility index (Phi) is 7.23. The smallest absolute Gasteiger partial charge is 0.255 e. The van der Waals surface area contributed by atoms with Crippen LogP contribution in [0.4, 0.5) is 5.82 Å². The van der Waals surface area contributed by atoms with Gasteiger partial charge in [-0.3, -0.25) is 9.59 Å². The van der Waals surface area contributed by atoms with Crippen LogP contribution >= 0.6 is 0 Å². The predicted octanol–water partition coefficient (Wildman–Crippen LogP) is 5.46. The van der Waals surface area contributed by atoms with Crippen molar-refractivity contribution in [1.82, 2.24) is 19.9 Å². The van der Waals surface area contributed by atoms with E-state index in [-0.39, 0.29) is 17.6 Å². The van der Waals surface area contributed by atoms with Gasteiger partial charge in [0.1, 0.15) is 17.2 Å². The molecule has 0 atom stereocenters. The van der Waals surface area contributed by atoms with E-state index in [1.807, 2.05) is 52.8 Å². The number of anilines is 1. The number of nitrogens with two attached hydrogens (primary N) is 1. The maximum atomic E-state index is 12.9. The summed E-state index contributed by atoms with van der Waals surface area (Å²) in [5.41, 5.74) is 9.74. The maximum Gasteiger partial charge on any atom is 0.255 e. The van der Waals surface area contributed by atoms with E-state index in [4.69, 9.17) is 10.5 Å². The van der Waals surface area contributed by atoms with Gasteiger partial charge in [0, 0.05) is 47.7 Å². The molecule has 0 bridgehead atoms. The second kappa shape index (κ2) is 10.6. The minimum atomic E-state index is -0.511. The highest BCUT2D eigenvalue weighted by atomic mass is 16.5. The lowest BCUT2D eigenvalue weighted by Crippen LogP contribution is -2.40. The Balaban J connectivity index is 1.52. The zero-order valence-corrected chi connectivity index (χ0v) is 23.6. The summed E-state index contributed by atoms with van der Waals surface area (Å²) >= 11 is 0. The topological polar surface area (TPSA) is 124 Å². The SMILES string of the molecule is CC(C)Oc1cc(CNc2ncccc2C(=O)NC(C)(C)C)cc(-c2cn(C3CC3)c3ncc(C(N)=O)cc23)c1. The van der Waals surface area contributed by atoms with Crippen molar-refractivity contribution < 1.29 is 14.3 Å². The molecule has 1 saturated carbocycles. The normalized spacial score (nSPS) is 13.4. The quantitative estimate of drug-likeness (QED) is 0.259. The Hall–Kier alpha value is -4.40. The van der Waals surface area contributed by atoms with Gasteiger partial charge in [-0.05, 0) is 95.0 Å². The molecule has 1 aromatic carbocycles. The van der Waals surface area contributed by atoms with Gasteiger partial charge in [0.25, 0.3) is 5.91 Å². The highest BCUT2D eigenvalue weighted by Gasteiger charge is 2.27. The van der Waals surface area contributed by atoms with Crippen molar-refractivity contribution in [2.45, 2.75) is 71.7 Å². The zero-order valence-electron chi connectivity index (χ0n) is 23.6. The molecule has 3 aromatic heterocycles. The molecule has 0 unspecified atom stereocenters. The van der Waals surface area contributed by atoms with Crippen LogP contribution in [0, 0.1) is 0 Å². The first-order valence-corrected chi connectivity index (χ1v) is 13.6. The number of nitrogens with one attached hydrogen (secondary N) is 2. The lowest BCUT2D eigenvalue weighted by Gasteiger charge is -2.21. The highest BCUT2D eigenvalue weighted by molar-refractivity contribution is 6.01. The van der Waals surface area contributed by atoms with Crippen LogP contribution in [0.3, 0.4) is 0 Å². The molecule has 1 fully saturated rings. The van der Waals surface area contributed by atoms with Gasteiger partial charge in [-0.15, -0.1) is 0 Å². The predicted molar refractivity (Wildman–Crippen MR) is 157 cm³/mol. The van der Waals surface area contributed by atoms with Gasteiger partial charge in [0.05, 0.1) is 17.2 Å². The summed E-state index contributed by atoms with van der Waals surface area (Å²) in [5, 5.41) is 7.22. The Morgan fingerprint density at radius 2 is 1.93 bits per heavy atom. The van der Waals surface area contributed by atoms with E-state index in [1.165, 1.54) is 0 Å². The third-order valence-electron chi connectivity index (χ3n) is 6.54. The van der Waals surface area contributed by atoms with Crippen LogP contribution in [-0.4, -0.2) is 38.0 Å². The summed E-state index contributed by atoms with van der Waals surface area (Å²) in [5.74, 6) is 0.526. The van der Waals surface area contributed by atoms with Crippen molar-refractivity contribution in [3.8, 4) is 16.9 Å². The van der Waals surface area contributed by atoms with E-state index in [9.17, 15) is 9.59 Å². The van der Waals surface area contributed by atoms with E-state index in [1.54, 1.807) is 24.5 Å². The van der Waals surface area contributed by atoms with Gasteiger partial charge >= 0.3 is 0 Å². The summed E-state index contributed by atoms with van der Waals surface area (Å²) in [4.78, 5) is 33.9. The number of rotatable bonds is 9. The van der Waals surface area contributed by atoms with Crippen molar-refractivity contribution in [2.24, 2.45) is 5.73 Å². The largest absolute Gasteiger partial charge is 0.491 e. The fourth-order valence-electron chi connectivity index (χ4n) is 4.71. The Bertz CT molecular complexity index is 1580. The number of hydrogen-bond donors (Lipinski definition) is 3. The summed E-state index contributed by atoms with van der Waals surface area (Å²) in [6.45, 7) is 10.2. The monoisotopic (exact) mass is 540 g/mol. The fraction of sp³-hybridized carbons (Fsp3) is 0.355. The second-order valence-electron chi connectivity index (χ2n) is 11.6. The van der Waals surface area contributed by atoms with Gasteiger partial charge in [-0.25, -0.2) is 9.97 Å². The number of carbonyl (C=O) groups excluding carboxylic acids is 2. The van der Waals surface area contributed by atoms with E-state index < -0.39 is 5.91 Å². The summed E-state index contributed by atoms with van der Waals surface area (Å²) in [6.07, 6.45) is 7.50. The van der Waals surface area contributed by atoms with Gasteiger partial charge in [0.2, 0.25) is 5.91 Å². The van der Waals surface area contributed by atoms with Gasteiger partial charge in [-0.1, -0.05) is 0 Å². The van der Waals surface area contributed by atoms with Crippen molar-refractivity contribution >= 4 is 28.7 Å². The lowest BCUT2D eigenvalue weighted by atomic mass is 10.0. The molecular formula is C31H36N6O3. The minimum Gasteiger partial charge on any atom is -0.491 e. The van der Waals surface area contributed by atoms with Crippen LogP contribution in [0.15, 0.2) is 55.0 Å². The van der Waals surface area contributed by atoms with Crippen LogP contribution in [0.2, 0.25) is 0 Å². The number of pyridine rings is 2. The van der Waals surface area contributed by atoms with Crippen LogP contribution in [0.5, 0.6) is 5.75 Å².